The minimum absolute atomic E-state index is 0.0667. The number of aryl methyl sites for hydroxylation is 1. The quantitative estimate of drug-likeness (QED) is 0.741. The number of para-hydroxylation sites is 1. The predicted octanol–water partition coefficient (Wildman–Crippen LogP) is 3.33. The Morgan fingerprint density at radius 2 is 1.80 bits per heavy atom. The average Bonchev–Trinajstić information content (AvgIpc) is 2.72. The van der Waals surface area contributed by atoms with Crippen LogP contribution in [0.5, 0.6) is 0 Å². The molecule has 3 aromatic rings. The normalized spacial score (nSPS) is 11.2. The minimum Gasteiger partial charge on any atom is -0.369 e. The molecule has 0 aliphatic rings. The lowest BCUT2D eigenvalue weighted by molar-refractivity contribution is 0.514. The van der Waals surface area contributed by atoms with Gasteiger partial charge >= 0.3 is 0 Å². The van der Waals surface area contributed by atoms with E-state index in [0.29, 0.717) is 5.56 Å². The Bertz CT molecular complexity index is 804. The number of halogens is 3. The standard InChI is InChI=1S/C14H10F3N3/c1-7-3-2-4-9(16)12(7)20-13-10(19-14(20)18)6-5-8(15)11(13)17/h2-6H,1H3,(H2,18,19). The zero-order chi connectivity index (χ0) is 14.4. The zero-order valence-electron chi connectivity index (χ0n) is 10.5. The van der Waals surface area contributed by atoms with Crippen LogP contribution in [0.3, 0.4) is 0 Å². The van der Waals surface area contributed by atoms with Crippen LogP contribution in [0.15, 0.2) is 30.3 Å². The van der Waals surface area contributed by atoms with Crippen molar-refractivity contribution in [3.63, 3.8) is 0 Å². The van der Waals surface area contributed by atoms with Crippen molar-refractivity contribution in [3.05, 3.63) is 53.3 Å². The van der Waals surface area contributed by atoms with E-state index in [9.17, 15) is 13.2 Å². The molecule has 1 aromatic heterocycles. The molecule has 0 amide bonds. The number of nitrogen functional groups attached to an aromatic ring is 1. The number of fused-ring (bicyclic) bond motifs is 1. The van der Waals surface area contributed by atoms with Crippen LogP contribution in [-0.4, -0.2) is 9.55 Å². The molecule has 0 aliphatic carbocycles. The maximum Gasteiger partial charge on any atom is 0.206 e. The first-order valence-corrected chi connectivity index (χ1v) is 5.88. The van der Waals surface area contributed by atoms with E-state index in [1.165, 1.54) is 18.2 Å². The molecular weight excluding hydrogens is 267 g/mol. The summed E-state index contributed by atoms with van der Waals surface area (Å²) in [4.78, 5) is 3.94. The van der Waals surface area contributed by atoms with Gasteiger partial charge in [0.15, 0.2) is 11.6 Å². The van der Waals surface area contributed by atoms with Gasteiger partial charge in [0.2, 0.25) is 5.95 Å². The molecule has 0 aliphatic heterocycles. The van der Waals surface area contributed by atoms with Gasteiger partial charge in [0.1, 0.15) is 11.3 Å². The Balaban J connectivity index is 2.48. The van der Waals surface area contributed by atoms with Crippen LogP contribution in [0.2, 0.25) is 0 Å². The lowest BCUT2D eigenvalue weighted by Crippen LogP contribution is -2.06. The molecule has 0 saturated carbocycles. The lowest BCUT2D eigenvalue weighted by atomic mass is 10.2. The topological polar surface area (TPSA) is 43.8 Å². The van der Waals surface area contributed by atoms with Crippen molar-refractivity contribution in [2.45, 2.75) is 6.92 Å². The molecular formula is C14H10F3N3. The summed E-state index contributed by atoms with van der Waals surface area (Å²) < 4.78 is 42.5. The van der Waals surface area contributed by atoms with Crippen molar-refractivity contribution in [1.29, 1.82) is 0 Å². The number of aromatic nitrogens is 2. The number of nitrogens with zero attached hydrogens (tertiary/aromatic N) is 2. The maximum absolute atomic E-state index is 14.0. The third-order valence-corrected chi connectivity index (χ3v) is 3.15. The first-order chi connectivity index (χ1) is 9.50. The SMILES string of the molecule is Cc1cccc(F)c1-n1c(N)nc2ccc(F)c(F)c21. The van der Waals surface area contributed by atoms with Crippen molar-refractivity contribution in [3.8, 4) is 5.69 Å². The fourth-order valence-electron chi connectivity index (χ4n) is 2.25. The highest BCUT2D eigenvalue weighted by molar-refractivity contribution is 5.82. The molecule has 2 aromatic carbocycles. The minimum atomic E-state index is -1.10. The Morgan fingerprint density at radius 3 is 2.50 bits per heavy atom. The van der Waals surface area contributed by atoms with Gasteiger partial charge in [-0.15, -0.1) is 0 Å². The third-order valence-electron chi connectivity index (χ3n) is 3.15. The predicted molar refractivity (Wildman–Crippen MR) is 70.1 cm³/mol. The summed E-state index contributed by atoms with van der Waals surface area (Å²) in [5, 5.41) is 0. The van der Waals surface area contributed by atoms with Crippen molar-refractivity contribution < 1.29 is 13.2 Å². The number of anilines is 1. The van der Waals surface area contributed by atoms with Crippen LogP contribution in [-0.2, 0) is 0 Å². The molecule has 2 N–H and O–H groups in total. The molecule has 3 nitrogen and oxygen atoms in total. The van der Waals surface area contributed by atoms with Crippen LogP contribution >= 0.6 is 0 Å². The summed E-state index contributed by atoms with van der Waals surface area (Å²) in [6.45, 7) is 1.65. The van der Waals surface area contributed by atoms with E-state index in [-0.39, 0.29) is 22.7 Å². The van der Waals surface area contributed by atoms with Gasteiger partial charge in [-0.05, 0) is 30.7 Å². The largest absolute Gasteiger partial charge is 0.369 e. The number of imidazole rings is 1. The highest BCUT2D eigenvalue weighted by Gasteiger charge is 2.20. The third kappa shape index (κ3) is 1.65. The molecule has 1 heterocycles. The van der Waals surface area contributed by atoms with Crippen LogP contribution in [0.4, 0.5) is 19.1 Å². The number of rotatable bonds is 1. The van der Waals surface area contributed by atoms with Crippen LogP contribution in [0, 0.1) is 24.4 Å². The molecule has 0 atom stereocenters. The van der Waals surface area contributed by atoms with E-state index >= 15 is 0 Å². The summed E-state index contributed by atoms with van der Waals surface area (Å²) in [7, 11) is 0. The van der Waals surface area contributed by atoms with E-state index in [1.54, 1.807) is 13.0 Å². The van der Waals surface area contributed by atoms with E-state index < -0.39 is 17.5 Å². The van der Waals surface area contributed by atoms with Crippen molar-refractivity contribution in [2.24, 2.45) is 0 Å². The molecule has 0 saturated heterocycles. The van der Waals surface area contributed by atoms with Gasteiger partial charge in [-0.25, -0.2) is 18.2 Å². The number of benzene rings is 2. The van der Waals surface area contributed by atoms with Crippen molar-refractivity contribution in [1.82, 2.24) is 9.55 Å². The second-order valence-corrected chi connectivity index (χ2v) is 4.44. The molecule has 0 spiro atoms. The summed E-state index contributed by atoms with van der Waals surface area (Å²) in [6.07, 6.45) is 0. The maximum atomic E-state index is 14.0. The monoisotopic (exact) mass is 277 g/mol. The summed E-state index contributed by atoms with van der Waals surface area (Å²) >= 11 is 0. The van der Waals surface area contributed by atoms with Gasteiger partial charge in [0, 0.05) is 0 Å². The molecule has 3 rings (SSSR count). The van der Waals surface area contributed by atoms with Crippen molar-refractivity contribution in [2.75, 3.05) is 5.73 Å². The zero-order valence-corrected chi connectivity index (χ0v) is 10.5. The second kappa shape index (κ2) is 4.26. The summed E-state index contributed by atoms with van der Waals surface area (Å²) in [5.74, 6) is -2.82. The molecule has 20 heavy (non-hydrogen) atoms. The fourth-order valence-corrected chi connectivity index (χ4v) is 2.25. The number of hydrogen-bond donors (Lipinski definition) is 1. The van der Waals surface area contributed by atoms with E-state index in [0.717, 1.165) is 10.6 Å². The summed E-state index contributed by atoms with van der Waals surface area (Å²) in [5.41, 5.74) is 6.35. The number of hydrogen-bond acceptors (Lipinski definition) is 2. The highest BCUT2D eigenvalue weighted by atomic mass is 19.2. The molecule has 0 radical (unpaired) electrons. The smallest absolute Gasteiger partial charge is 0.206 e. The molecule has 6 heteroatoms. The van der Waals surface area contributed by atoms with E-state index in [2.05, 4.69) is 4.98 Å². The lowest BCUT2D eigenvalue weighted by Gasteiger charge is -2.11. The highest BCUT2D eigenvalue weighted by Crippen LogP contribution is 2.29. The Hall–Kier alpha value is -2.50. The van der Waals surface area contributed by atoms with Gasteiger partial charge in [-0.2, -0.15) is 0 Å². The Labute approximate surface area is 112 Å². The van der Waals surface area contributed by atoms with Crippen LogP contribution < -0.4 is 5.73 Å². The molecule has 0 fully saturated rings. The first kappa shape index (κ1) is 12.5. The summed E-state index contributed by atoms with van der Waals surface area (Å²) in [6, 6.07) is 6.67. The number of nitrogens with two attached hydrogens (primary N) is 1. The van der Waals surface area contributed by atoms with Gasteiger partial charge in [-0.3, -0.25) is 4.57 Å². The van der Waals surface area contributed by atoms with Crippen molar-refractivity contribution >= 4 is 17.0 Å². The van der Waals surface area contributed by atoms with E-state index in [4.69, 9.17) is 5.73 Å². The van der Waals surface area contributed by atoms with Gasteiger partial charge in [0.05, 0.1) is 11.2 Å². The molecule has 0 bridgehead atoms. The van der Waals surface area contributed by atoms with Gasteiger partial charge in [-0.1, -0.05) is 12.1 Å². The second-order valence-electron chi connectivity index (χ2n) is 4.44. The van der Waals surface area contributed by atoms with Crippen LogP contribution in [0.1, 0.15) is 5.56 Å². The Kier molecular flexibility index (Phi) is 2.67. The molecule has 0 unspecified atom stereocenters. The van der Waals surface area contributed by atoms with Crippen LogP contribution in [0.25, 0.3) is 16.7 Å². The fraction of sp³-hybridized carbons (Fsp3) is 0.0714. The average molecular weight is 277 g/mol. The Morgan fingerprint density at radius 1 is 1.05 bits per heavy atom. The van der Waals surface area contributed by atoms with Gasteiger partial charge < -0.3 is 5.73 Å². The van der Waals surface area contributed by atoms with Gasteiger partial charge in [0.25, 0.3) is 0 Å². The molecule has 102 valence electrons. The van der Waals surface area contributed by atoms with E-state index in [1.807, 2.05) is 0 Å². The first-order valence-electron chi connectivity index (χ1n) is 5.88.